The van der Waals surface area contributed by atoms with Gasteiger partial charge in [0.15, 0.2) is 0 Å². The second-order valence-corrected chi connectivity index (χ2v) is 5.23. The lowest BCUT2D eigenvalue weighted by molar-refractivity contribution is 0.266. The van der Waals surface area contributed by atoms with E-state index in [1.54, 1.807) is 0 Å². The highest BCUT2D eigenvalue weighted by molar-refractivity contribution is 5.39. The van der Waals surface area contributed by atoms with Gasteiger partial charge in [-0.05, 0) is 68.8 Å². The van der Waals surface area contributed by atoms with Gasteiger partial charge in [0.1, 0.15) is 5.75 Å². The number of aliphatic hydroxyl groups excluding tert-OH is 1. The lowest BCUT2D eigenvalue weighted by Crippen LogP contribution is -2.21. The van der Waals surface area contributed by atoms with Crippen molar-refractivity contribution >= 4 is 0 Å². The number of ether oxygens (including phenoxy) is 1. The van der Waals surface area contributed by atoms with Crippen LogP contribution >= 0.6 is 0 Å². The summed E-state index contributed by atoms with van der Waals surface area (Å²) in [7, 11) is 2.03. The Labute approximate surface area is 116 Å². The van der Waals surface area contributed by atoms with E-state index in [1.807, 2.05) is 7.05 Å². The molecule has 2 N–H and O–H groups in total. The monoisotopic (exact) mass is 263 g/mol. The minimum Gasteiger partial charge on any atom is -0.494 e. The van der Waals surface area contributed by atoms with Gasteiger partial charge in [0.25, 0.3) is 0 Å². The van der Waals surface area contributed by atoms with E-state index >= 15 is 0 Å². The predicted octanol–water partition coefficient (Wildman–Crippen LogP) is 2.82. The molecule has 0 spiro atoms. The lowest BCUT2D eigenvalue weighted by Gasteiger charge is -2.25. The van der Waals surface area contributed by atoms with Crippen molar-refractivity contribution in [3.63, 3.8) is 0 Å². The number of nitrogens with one attached hydrogen (secondary N) is 1. The fraction of sp³-hybridized carbons (Fsp3) is 0.625. The largest absolute Gasteiger partial charge is 0.494 e. The average molecular weight is 263 g/mol. The molecule has 3 heteroatoms. The lowest BCUT2D eigenvalue weighted by atomic mass is 9.87. The molecule has 0 saturated heterocycles. The van der Waals surface area contributed by atoms with Crippen molar-refractivity contribution in [2.24, 2.45) is 0 Å². The topological polar surface area (TPSA) is 41.5 Å². The Morgan fingerprint density at radius 1 is 1.32 bits per heavy atom. The summed E-state index contributed by atoms with van der Waals surface area (Å²) >= 11 is 0. The summed E-state index contributed by atoms with van der Waals surface area (Å²) in [4.78, 5) is 0. The summed E-state index contributed by atoms with van der Waals surface area (Å²) in [5.41, 5.74) is 2.86. The number of hydrogen-bond donors (Lipinski definition) is 2. The fourth-order valence-electron chi connectivity index (χ4n) is 2.75. The van der Waals surface area contributed by atoms with E-state index in [4.69, 9.17) is 9.84 Å². The summed E-state index contributed by atoms with van der Waals surface area (Å²) in [5, 5.41) is 12.1. The fourth-order valence-corrected chi connectivity index (χ4v) is 2.75. The molecule has 0 bridgehead atoms. The Bertz CT molecular complexity index is 392. The highest BCUT2D eigenvalue weighted by Gasteiger charge is 2.18. The van der Waals surface area contributed by atoms with Gasteiger partial charge in [-0.2, -0.15) is 0 Å². The van der Waals surface area contributed by atoms with Crippen LogP contribution in [0, 0.1) is 0 Å². The van der Waals surface area contributed by atoms with Gasteiger partial charge in [0, 0.05) is 12.6 Å². The van der Waals surface area contributed by atoms with Crippen molar-refractivity contribution in [2.45, 2.75) is 44.6 Å². The van der Waals surface area contributed by atoms with Crippen LogP contribution in [-0.4, -0.2) is 25.4 Å². The van der Waals surface area contributed by atoms with Gasteiger partial charge in [0.2, 0.25) is 0 Å². The molecule has 0 saturated carbocycles. The van der Waals surface area contributed by atoms with Crippen molar-refractivity contribution in [3.05, 3.63) is 29.3 Å². The summed E-state index contributed by atoms with van der Waals surface area (Å²) in [5.74, 6) is 0.977. The van der Waals surface area contributed by atoms with Crippen LogP contribution in [0.4, 0.5) is 0 Å². The number of benzene rings is 1. The van der Waals surface area contributed by atoms with E-state index in [9.17, 15) is 0 Å². The number of unbranched alkanes of at least 4 members (excludes halogenated alkanes) is 2. The van der Waals surface area contributed by atoms with Crippen molar-refractivity contribution < 1.29 is 9.84 Å². The first-order valence-corrected chi connectivity index (χ1v) is 7.39. The number of aryl methyl sites for hydroxylation is 1. The number of rotatable bonds is 7. The molecule has 2 rings (SSSR count). The predicted molar refractivity (Wildman–Crippen MR) is 77.6 cm³/mol. The zero-order valence-corrected chi connectivity index (χ0v) is 11.8. The van der Waals surface area contributed by atoms with Crippen molar-refractivity contribution in [2.75, 3.05) is 20.3 Å². The molecular formula is C16H25NO2. The van der Waals surface area contributed by atoms with E-state index in [0.29, 0.717) is 6.04 Å². The van der Waals surface area contributed by atoms with Crippen LogP contribution in [0.2, 0.25) is 0 Å². The molecule has 0 aliphatic heterocycles. The SMILES string of the molecule is CNC1CCCc2ccc(OCCCCCO)cc21. The molecule has 0 fully saturated rings. The summed E-state index contributed by atoms with van der Waals surface area (Å²) in [6.07, 6.45) is 6.57. The molecule has 19 heavy (non-hydrogen) atoms. The summed E-state index contributed by atoms with van der Waals surface area (Å²) < 4.78 is 5.80. The highest BCUT2D eigenvalue weighted by Crippen LogP contribution is 2.32. The van der Waals surface area contributed by atoms with E-state index in [0.717, 1.165) is 31.6 Å². The van der Waals surface area contributed by atoms with Gasteiger partial charge < -0.3 is 15.2 Å². The van der Waals surface area contributed by atoms with E-state index in [2.05, 4.69) is 23.5 Å². The maximum atomic E-state index is 8.72. The second kappa shape index (κ2) is 7.51. The van der Waals surface area contributed by atoms with Crippen LogP contribution in [0.3, 0.4) is 0 Å². The Morgan fingerprint density at radius 3 is 3.00 bits per heavy atom. The van der Waals surface area contributed by atoms with Crippen LogP contribution in [0.15, 0.2) is 18.2 Å². The average Bonchev–Trinajstić information content (AvgIpc) is 2.46. The molecule has 0 radical (unpaired) electrons. The zero-order chi connectivity index (χ0) is 13.5. The molecule has 1 aliphatic rings. The molecule has 0 aromatic heterocycles. The molecule has 0 amide bonds. The van der Waals surface area contributed by atoms with Gasteiger partial charge in [-0.15, -0.1) is 0 Å². The molecule has 0 heterocycles. The number of aliphatic hydroxyl groups is 1. The van der Waals surface area contributed by atoms with Gasteiger partial charge in [-0.25, -0.2) is 0 Å². The molecule has 1 aromatic carbocycles. The first-order valence-electron chi connectivity index (χ1n) is 7.39. The normalized spacial score (nSPS) is 18.1. The molecular weight excluding hydrogens is 238 g/mol. The van der Waals surface area contributed by atoms with Crippen molar-refractivity contribution in [3.8, 4) is 5.75 Å². The quantitative estimate of drug-likeness (QED) is 0.743. The first-order chi connectivity index (χ1) is 9.35. The van der Waals surface area contributed by atoms with Crippen molar-refractivity contribution in [1.29, 1.82) is 0 Å². The Hall–Kier alpha value is -1.06. The Morgan fingerprint density at radius 2 is 2.21 bits per heavy atom. The van der Waals surface area contributed by atoms with Gasteiger partial charge in [-0.3, -0.25) is 0 Å². The molecule has 3 nitrogen and oxygen atoms in total. The van der Waals surface area contributed by atoms with Gasteiger partial charge >= 0.3 is 0 Å². The van der Waals surface area contributed by atoms with Gasteiger partial charge in [-0.1, -0.05) is 6.07 Å². The molecule has 1 unspecified atom stereocenters. The third-order valence-corrected chi connectivity index (χ3v) is 3.85. The second-order valence-electron chi connectivity index (χ2n) is 5.23. The van der Waals surface area contributed by atoms with E-state index in [-0.39, 0.29) is 6.61 Å². The van der Waals surface area contributed by atoms with E-state index in [1.165, 1.54) is 30.4 Å². The number of hydrogen-bond acceptors (Lipinski definition) is 3. The number of fused-ring (bicyclic) bond motifs is 1. The summed E-state index contributed by atoms with van der Waals surface area (Å²) in [6, 6.07) is 6.97. The van der Waals surface area contributed by atoms with Crippen LogP contribution in [0.1, 0.15) is 49.3 Å². The van der Waals surface area contributed by atoms with Crippen molar-refractivity contribution in [1.82, 2.24) is 5.32 Å². The van der Waals surface area contributed by atoms with Crippen LogP contribution in [-0.2, 0) is 6.42 Å². The maximum Gasteiger partial charge on any atom is 0.119 e. The first kappa shape index (κ1) is 14.4. The Kier molecular flexibility index (Phi) is 5.67. The minimum absolute atomic E-state index is 0.280. The molecule has 1 aromatic rings. The third-order valence-electron chi connectivity index (χ3n) is 3.85. The van der Waals surface area contributed by atoms with Crippen LogP contribution in [0.5, 0.6) is 5.75 Å². The maximum absolute atomic E-state index is 8.72. The summed E-state index contributed by atoms with van der Waals surface area (Å²) in [6.45, 7) is 1.02. The van der Waals surface area contributed by atoms with Crippen LogP contribution < -0.4 is 10.1 Å². The zero-order valence-electron chi connectivity index (χ0n) is 11.8. The molecule has 1 aliphatic carbocycles. The van der Waals surface area contributed by atoms with Gasteiger partial charge in [0.05, 0.1) is 6.61 Å². The van der Waals surface area contributed by atoms with Crippen LogP contribution in [0.25, 0.3) is 0 Å². The molecule has 106 valence electrons. The third kappa shape index (κ3) is 3.95. The van der Waals surface area contributed by atoms with E-state index < -0.39 is 0 Å². The highest BCUT2D eigenvalue weighted by atomic mass is 16.5. The minimum atomic E-state index is 0.280. The smallest absolute Gasteiger partial charge is 0.119 e. The Balaban J connectivity index is 1.92. The molecule has 1 atom stereocenters. The standard InChI is InChI=1S/C16H25NO2/c1-17-16-7-5-6-13-8-9-14(12-15(13)16)19-11-4-2-3-10-18/h8-9,12,16-18H,2-7,10-11H2,1H3.